The number of amides is 1. The highest BCUT2D eigenvalue weighted by Gasteiger charge is 2.23. The first-order valence-corrected chi connectivity index (χ1v) is 11.2. The predicted octanol–water partition coefficient (Wildman–Crippen LogP) is 2.79. The van der Waals surface area contributed by atoms with Gasteiger partial charge < -0.3 is 5.32 Å². The number of hydrogen-bond donors (Lipinski definition) is 2. The number of carbonyl (C=O) groups excluding carboxylic acids is 1. The lowest BCUT2D eigenvalue weighted by atomic mass is 10.1. The van der Waals surface area contributed by atoms with Gasteiger partial charge in [-0.3, -0.25) is 4.79 Å². The maximum Gasteiger partial charge on any atom is 0.251 e. The second-order valence-corrected chi connectivity index (χ2v) is 8.54. The largest absolute Gasteiger partial charge is 0.324 e. The second kappa shape index (κ2) is 8.90. The molecule has 11 heteroatoms. The molecule has 158 valence electrons. The van der Waals surface area contributed by atoms with Crippen LogP contribution in [0.4, 0.5) is 5.69 Å². The van der Waals surface area contributed by atoms with Crippen LogP contribution in [-0.2, 0) is 21.2 Å². The van der Waals surface area contributed by atoms with Gasteiger partial charge in [0.05, 0.1) is 4.90 Å². The molecule has 0 saturated heterocycles. The van der Waals surface area contributed by atoms with E-state index >= 15 is 0 Å². The van der Waals surface area contributed by atoms with Crippen LogP contribution in [0.15, 0.2) is 47.4 Å². The highest BCUT2D eigenvalue weighted by molar-refractivity contribution is 7.89. The Kier molecular flexibility index (Phi) is 6.49. The number of nitrogens with two attached hydrogens (primary N) is 1. The first-order chi connectivity index (χ1) is 14.2. The van der Waals surface area contributed by atoms with Crippen molar-refractivity contribution in [3.8, 4) is 11.4 Å². The number of rotatable bonds is 7. The summed E-state index contributed by atoms with van der Waals surface area (Å²) in [5, 5.41) is 20.9. The van der Waals surface area contributed by atoms with Crippen molar-refractivity contribution in [1.82, 2.24) is 20.2 Å². The molecule has 1 heterocycles. The number of aromatic nitrogens is 4. The molecule has 3 N–H and O–H groups in total. The van der Waals surface area contributed by atoms with E-state index in [1.54, 1.807) is 36.4 Å². The van der Waals surface area contributed by atoms with E-state index in [-0.39, 0.29) is 4.90 Å². The van der Waals surface area contributed by atoms with Crippen LogP contribution < -0.4 is 10.5 Å². The summed E-state index contributed by atoms with van der Waals surface area (Å²) in [5.41, 5.74) is 1.61. The van der Waals surface area contributed by atoms with Gasteiger partial charge in [-0.05, 0) is 60.0 Å². The maximum atomic E-state index is 12.8. The van der Waals surface area contributed by atoms with Crippen LogP contribution >= 0.6 is 11.6 Å². The van der Waals surface area contributed by atoms with E-state index in [1.807, 2.05) is 13.8 Å². The summed E-state index contributed by atoms with van der Waals surface area (Å²) in [6.07, 6.45) is 0.894. The minimum Gasteiger partial charge on any atom is -0.324 e. The molecule has 2 aromatic carbocycles. The van der Waals surface area contributed by atoms with Crippen molar-refractivity contribution in [2.75, 3.05) is 5.32 Å². The van der Waals surface area contributed by atoms with Crippen molar-refractivity contribution in [3.05, 3.63) is 53.1 Å². The Bertz CT molecular complexity index is 1160. The Morgan fingerprint density at radius 1 is 1.20 bits per heavy atom. The first kappa shape index (κ1) is 21.9. The zero-order chi connectivity index (χ0) is 21.9. The first-order valence-electron chi connectivity index (χ1n) is 9.25. The lowest BCUT2D eigenvalue weighted by Gasteiger charge is -2.15. The Morgan fingerprint density at radius 3 is 2.50 bits per heavy atom. The minimum absolute atomic E-state index is 0.0141. The SMILES string of the molecule is CCc1ccc(NC(=O)C(CC)n2nnc(-c3ccc(Cl)cc3)n2)cc1S(N)(=O)=O. The number of primary sulfonamides is 1. The fraction of sp³-hybridized carbons (Fsp3) is 0.263. The van der Waals surface area contributed by atoms with Crippen LogP contribution in [0, 0.1) is 0 Å². The highest BCUT2D eigenvalue weighted by Crippen LogP contribution is 2.22. The van der Waals surface area contributed by atoms with Crippen molar-refractivity contribution in [2.45, 2.75) is 37.6 Å². The summed E-state index contributed by atoms with van der Waals surface area (Å²) in [5.74, 6) is -0.0381. The van der Waals surface area contributed by atoms with Crippen molar-refractivity contribution < 1.29 is 13.2 Å². The van der Waals surface area contributed by atoms with Crippen molar-refractivity contribution in [1.29, 1.82) is 0 Å². The molecule has 0 spiro atoms. The summed E-state index contributed by atoms with van der Waals surface area (Å²) in [7, 11) is -3.91. The number of nitrogens with one attached hydrogen (secondary N) is 1. The van der Waals surface area contributed by atoms with Gasteiger partial charge >= 0.3 is 0 Å². The smallest absolute Gasteiger partial charge is 0.251 e. The summed E-state index contributed by atoms with van der Waals surface area (Å²) in [6, 6.07) is 10.8. The standard InChI is InChI=1S/C19H21ClN6O3S/c1-3-12-7-10-15(11-17(12)30(21,28)29)22-19(27)16(4-2)26-24-18(23-25-26)13-5-8-14(20)9-6-13/h5-11,16H,3-4H2,1-2H3,(H,22,27)(H2,21,28,29). The third kappa shape index (κ3) is 4.84. The van der Waals surface area contributed by atoms with Crippen molar-refractivity contribution in [2.24, 2.45) is 5.14 Å². The number of benzene rings is 2. The lowest BCUT2D eigenvalue weighted by molar-refractivity contribution is -0.120. The highest BCUT2D eigenvalue weighted by atomic mass is 35.5. The van der Waals surface area contributed by atoms with Crippen LogP contribution in [-0.4, -0.2) is 34.5 Å². The molecule has 1 amide bonds. The van der Waals surface area contributed by atoms with E-state index in [2.05, 4.69) is 20.7 Å². The topological polar surface area (TPSA) is 133 Å². The summed E-state index contributed by atoms with van der Waals surface area (Å²) < 4.78 is 23.7. The zero-order valence-corrected chi connectivity index (χ0v) is 18.0. The van der Waals surface area contributed by atoms with E-state index in [4.69, 9.17) is 16.7 Å². The Balaban J connectivity index is 1.83. The van der Waals surface area contributed by atoms with Gasteiger partial charge in [0.2, 0.25) is 15.8 Å². The molecule has 1 atom stereocenters. The normalized spacial score (nSPS) is 12.5. The van der Waals surface area contributed by atoms with E-state index < -0.39 is 22.0 Å². The van der Waals surface area contributed by atoms with E-state index in [1.165, 1.54) is 10.9 Å². The molecule has 1 aromatic heterocycles. The quantitative estimate of drug-likeness (QED) is 0.570. The molecule has 0 saturated carbocycles. The molecular formula is C19H21ClN6O3S. The average Bonchev–Trinajstić information content (AvgIpc) is 3.18. The average molecular weight is 449 g/mol. The summed E-state index contributed by atoms with van der Waals surface area (Å²) in [6.45, 7) is 3.63. The number of anilines is 1. The maximum absolute atomic E-state index is 12.8. The number of nitrogens with zero attached hydrogens (tertiary/aromatic N) is 4. The predicted molar refractivity (Wildman–Crippen MR) is 113 cm³/mol. The minimum atomic E-state index is -3.91. The van der Waals surface area contributed by atoms with Gasteiger partial charge in [-0.25, -0.2) is 13.6 Å². The molecule has 3 aromatic rings. The lowest BCUT2D eigenvalue weighted by Crippen LogP contribution is -2.27. The number of sulfonamides is 1. The third-order valence-corrected chi connectivity index (χ3v) is 5.77. The van der Waals surface area contributed by atoms with Crippen LogP contribution in [0.1, 0.15) is 31.9 Å². The monoisotopic (exact) mass is 448 g/mol. The fourth-order valence-electron chi connectivity index (χ4n) is 2.94. The molecule has 3 rings (SSSR count). The number of hydrogen-bond acceptors (Lipinski definition) is 6. The molecule has 0 aliphatic rings. The van der Waals surface area contributed by atoms with Gasteiger partial charge in [0.15, 0.2) is 6.04 Å². The number of carbonyl (C=O) groups is 1. The van der Waals surface area contributed by atoms with Gasteiger partial charge in [0.25, 0.3) is 5.91 Å². The third-order valence-electron chi connectivity index (χ3n) is 4.52. The summed E-state index contributed by atoms with van der Waals surface area (Å²) in [4.78, 5) is 14.0. The van der Waals surface area contributed by atoms with Crippen molar-refractivity contribution in [3.63, 3.8) is 0 Å². The van der Waals surface area contributed by atoms with Crippen LogP contribution in [0.25, 0.3) is 11.4 Å². The number of halogens is 1. The molecule has 0 radical (unpaired) electrons. The van der Waals surface area contributed by atoms with Gasteiger partial charge in [0.1, 0.15) is 0 Å². The molecule has 30 heavy (non-hydrogen) atoms. The number of aryl methyl sites for hydroxylation is 1. The van der Waals surface area contributed by atoms with Gasteiger partial charge in [0, 0.05) is 16.3 Å². The molecule has 1 unspecified atom stereocenters. The molecule has 0 aliphatic carbocycles. The molecular weight excluding hydrogens is 428 g/mol. The fourth-order valence-corrected chi connectivity index (χ4v) is 3.94. The Morgan fingerprint density at radius 2 is 1.90 bits per heavy atom. The van der Waals surface area contributed by atoms with Gasteiger partial charge in [-0.15, -0.1) is 10.2 Å². The molecule has 0 bridgehead atoms. The Hall–Kier alpha value is -2.82. The van der Waals surface area contributed by atoms with Gasteiger partial charge in [-0.1, -0.05) is 31.5 Å². The second-order valence-electron chi connectivity index (χ2n) is 6.57. The molecule has 0 fully saturated rings. The van der Waals surface area contributed by atoms with Crippen LogP contribution in [0.2, 0.25) is 5.02 Å². The molecule has 9 nitrogen and oxygen atoms in total. The Labute approximate surface area is 179 Å². The summed E-state index contributed by atoms with van der Waals surface area (Å²) >= 11 is 5.89. The van der Waals surface area contributed by atoms with Crippen LogP contribution in [0.5, 0.6) is 0 Å². The van der Waals surface area contributed by atoms with Crippen molar-refractivity contribution >= 4 is 33.2 Å². The number of tetrazole rings is 1. The van der Waals surface area contributed by atoms with E-state index in [0.717, 1.165) is 0 Å². The zero-order valence-electron chi connectivity index (χ0n) is 16.4. The van der Waals surface area contributed by atoms with Gasteiger partial charge in [-0.2, -0.15) is 4.80 Å². The van der Waals surface area contributed by atoms with E-state index in [0.29, 0.717) is 40.5 Å². The van der Waals surface area contributed by atoms with E-state index in [9.17, 15) is 13.2 Å². The molecule has 0 aliphatic heterocycles. The van der Waals surface area contributed by atoms with Crippen LogP contribution in [0.3, 0.4) is 0 Å².